The average molecular weight is 296 g/mol. The molecule has 1 N–H and O–H groups in total. The van der Waals surface area contributed by atoms with Crippen LogP contribution < -0.4 is 4.72 Å². The second-order valence-electron chi connectivity index (χ2n) is 3.95. The van der Waals surface area contributed by atoms with Crippen LogP contribution in [0.1, 0.15) is 6.92 Å². The summed E-state index contributed by atoms with van der Waals surface area (Å²) in [6.45, 7) is 2.50. The normalized spacial score (nSPS) is 11.8. The van der Waals surface area contributed by atoms with Crippen LogP contribution in [0.25, 0.3) is 10.8 Å². The molecule has 0 atom stereocenters. The van der Waals surface area contributed by atoms with Crippen molar-refractivity contribution in [3.63, 3.8) is 0 Å². The van der Waals surface area contributed by atoms with Gasteiger partial charge in [0.1, 0.15) is 0 Å². The SMILES string of the molecule is CCSCCNS(=O)(=O)c1cccc2cnccc12. The van der Waals surface area contributed by atoms with Crippen molar-refractivity contribution >= 4 is 32.6 Å². The lowest BCUT2D eigenvalue weighted by atomic mass is 10.2. The van der Waals surface area contributed by atoms with Crippen molar-refractivity contribution in [1.29, 1.82) is 0 Å². The van der Waals surface area contributed by atoms with Crippen LogP contribution in [-0.4, -0.2) is 31.5 Å². The summed E-state index contributed by atoms with van der Waals surface area (Å²) < 4.78 is 27.2. The minimum absolute atomic E-state index is 0.314. The van der Waals surface area contributed by atoms with E-state index < -0.39 is 10.0 Å². The molecule has 1 heterocycles. The maximum atomic E-state index is 12.3. The van der Waals surface area contributed by atoms with E-state index in [0.29, 0.717) is 16.8 Å². The molecule has 0 aliphatic rings. The van der Waals surface area contributed by atoms with Crippen molar-refractivity contribution in [3.05, 3.63) is 36.7 Å². The number of benzene rings is 1. The van der Waals surface area contributed by atoms with Crippen LogP contribution >= 0.6 is 11.8 Å². The first-order valence-corrected chi connectivity index (χ1v) is 8.69. The molecule has 1 aromatic carbocycles. The molecule has 0 spiro atoms. The molecule has 102 valence electrons. The molecule has 0 bridgehead atoms. The van der Waals surface area contributed by atoms with Gasteiger partial charge in [-0.25, -0.2) is 13.1 Å². The van der Waals surface area contributed by atoms with Gasteiger partial charge in [0.15, 0.2) is 0 Å². The minimum atomic E-state index is -3.46. The number of pyridine rings is 1. The highest BCUT2D eigenvalue weighted by atomic mass is 32.2. The van der Waals surface area contributed by atoms with Crippen molar-refractivity contribution in [2.24, 2.45) is 0 Å². The zero-order valence-electron chi connectivity index (χ0n) is 10.7. The predicted molar refractivity (Wildman–Crippen MR) is 79.9 cm³/mol. The lowest BCUT2D eigenvalue weighted by molar-refractivity contribution is 0.585. The van der Waals surface area contributed by atoms with Crippen molar-refractivity contribution in [2.75, 3.05) is 18.1 Å². The first-order chi connectivity index (χ1) is 9.15. The highest BCUT2D eigenvalue weighted by Gasteiger charge is 2.16. The molecular weight excluding hydrogens is 280 g/mol. The van der Waals surface area contributed by atoms with E-state index in [1.54, 1.807) is 42.4 Å². The highest BCUT2D eigenvalue weighted by Crippen LogP contribution is 2.21. The lowest BCUT2D eigenvalue weighted by Crippen LogP contribution is -2.26. The number of fused-ring (bicyclic) bond motifs is 1. The molecule has 2 rings (SSSR count). The van der Waals surface area contributed by atoms with E-state index >= 15 is 0 Å². The highest BCUT2D eigenvalue weighted by molar-refractivity contribution is 7.99. The number of hydrogen-bond acceptors (Lipinski definition) is 4. The Balaban J connectivity index is 2.28. The number of aromatic nitrogens is 1. The summed E-state index contributed by atoms with van der Waals surface area (Å²) in [5.74, 6) is 1.77. The molecule has 0 fully saturated rings. The fourth-order valence-electron chi connectivity index (χ4n) is 1.80. The largest absolute Gasteiger partial charge is 0.264 e. The molecule has 0 aliphatic carbocycles. The Bertz CT molecular complexity index is 651. The topological polar surface area (TPSA) is 59.1 Å². The van der Waals surface area contributed by atoms with Gasteiger partial charge in [0.2, 0.25) is 10.0 Å². The second kappa shape index (κ2) is 6.36. The van der Waals surface area contributed by atoms with Crippen LogP contribution in [0.3, 0.4) is 0 Å². The standard InChI is InChI=1S/C13H16N2O2S2/c1-2-18-9-8-15-19(16,17)13-5-3-4-11-10-14-7-6-12(11)13/h3-7,10,15H,2,8-9H2,1H3. The number of rotatable bonds is 6. The van der Waals surface area contributed by atoms with Gasteiger partial charge in [0.25, 0.3) is 0 Å². The number of thioether (sulfide) groups is 1. The predicted octanol–water partition coefficient (Wildman–Crippen LogP) is 2.27. The first kappa shape index (κ1) is 14.3. The van der Waals surface area contributed by atoms with Crippen LogP contribution in [0.5, 0.6) is 0 Å². The summed E-state index contributed by atoms with van der Waals surface area (Å²) in [6, 6.07) is 6.94. The maximum absolute atomic E-state index is 12.3. The van der Waals surface area contributed by atoms with Gasteiger partial charge in [-0.15, -0.1) is 0 Å². The van der Waals surface area contributed by atoms with Crippen molar-refractivity contribution in [1.82, 2.24) is 9.71 Å². The summed E-state index contributed by atoms with van der Waals surface area (Å²) >= 11 is 1.71. The molecule has 0 saturated heterocycles. The monoisotopic (exact) mass is 296 g/mol. The van der Waals surface area contributed by atoms with Crippen molar-refractivity contribution < 1.29 is 8.42 Å². The van der Waals surface area contributed by atoms with Gasteiger partial charge in [0, 0.05) is 35.5 Å². The zero-order valence-corrected chi connectivity index (χ0v) is 12.3. The van der Waals surface area contributed by atoms with Crippen molar-refractivity contribution in [2.45, 2.75) is 11.8 Å². The van der Waals surface area contributed by atoms with Crippen molar-refractivity contribution in [3.8, 4) is 0 Å². The number of nitrogens with one attached hydrogen (secondary N) is 1. The summed E-state index contributed by atoms with van der Waals surface area (Å²) in [5, 5.41) is 1.53. The Morgan fingerprint density at radius 2 is 2.16 bits per heavy atom. The van der Waals surface area contributed by atoms with Crippen LogP contribution in [0.2, 0.25) is 0 Å². The smallest absolute Gasteiger partial charge is 0.241 e. The quantitative estimate of drug-likeness (QED) is 0.831. The number of nitrogens with zero attached hydrogens (tertiary/aromatic N) is 1. The Morgan fingerprint density at radius 1 is 1.32 bits per heavy atom. The van der Waals surface area contributed by atoms with Gasteiger partial charge in [-0.2, -0.15) is 11.8 Å². The van der Waals surface area contributed by atoms with E-state index in [2.05, 4.69) is 16.6 Å². The third kappa shape index (κ3) is 3.46. The van der Waals surface area contributed by atoms with Crippen LogP contribution in [0.4, 0.5) is 0 Å². The Morgan fingerprint density at radius 3 is 2.95 bits per heavy atom. The molecule has 4 nitrogen and oxygen atoms in total. The first-order valence-electron chi connectivity index (χ1n) is 6.05. The van der Waals surface area contributed by atoms with E-state index in [-0.39, 0.29) is 0 Å². The Kier molecular flexibility index (Phi) is 4.79. The van der Waals surface area contributed by atoms with E-state index in [1.165, 1.54) is 0 Å². The average Bonchev–Trinajstić information content (AvgIpc) is 2.43. The summed E-state index contributed by atoms with van der Waals surface area (Å²) in [5.41, 5.74) is 0. The number of hydrogen-bond donors (Lipinski definition) is 1. The Hall–Kier alpha value is -1.11. The summed E-state index contributed by atoms with van der Waals surface area (Å²) in [7, 11) is -3.46. The van der Waals surface area contributed by atoms with E-state index in [0.717, 1.165) is 16.9 Å². The van der Waals surface area contributed by atoms with E-state index in [4.69, 9.17) is 0 Å². The molecule has 0 unspecified atom stereocenters. The maximum Gasteiger partial charge on any atom is 0.241 e. The molecule has 0 radical (unpaired) electrons. The van der Waals surface area contributed by atoms with Crippen LogP contribution in [0, 0.1) is 0 Å². The lowest BCUT2D eigenvalue weighted by Gasteiger charge is -2.09. The molecule has 0 amide bonds. The van der Waals surface area contributed by atoms with E-state index in [9.17, 15) is 8.42 Å². The van der Waals surface area contributed by atoms with E-state index in [1.807, 2.05) is 6.07 Å². The molecule has 0 saturated carbocycles. The molecule has 6 heteroatoms. The zero-order chi connectivity index (χ0) is 13.7. The van der Waals surface area contributed by atoms with Crippen LogP contribution in [-0.2, 0) is 10.0 Å². The summed E-state index contributed by atoms with van der Waals surface area (Å²) in [6.07, 6.45) is 3.27. The molecule has 1 aromatic heterocycles. The Labute approximate surface area is 117 Å². The molecule has 0 aliphatic heterocycles. The summed E-state index contributed by atoms with van der Waals surface area (Å²) in [4.78, 5) is 4.32. The fraction of sp³-hybridized carbons (Fsp3) is 0.308. The van der Waals surface area contributed by atoms with Gasteiger partial charge in [-0.05, 0) is 17.9 Å². The molecule has 2 aromatic rings. The van der Waals surface area contributed by atoms with Gasteiger partial charge >= 0.3 is 0 Å². The molecular formula is C13H16N2O2S2. The third-order valence-electron chi connectivity index (χ3n) is 2.67. The fourth-order valence-corrected chi connectivity index (χ4v) is 3.72. The van der Waals surface area contributed by atoms with Crippen LogP contribution in [0.15, 0.2) is 41.6 Å². The third-order valence-corrected chi connectivity index (χ3v) is 5.09. The van der Waals surface area contributed by atoms with Gasteiger partial charge in [-0.1, -0.05) is 19.1 Å². The molecule has 19 heavy (non-hydrogen) atoms. The van der Waals surface area contributed by atoms with Gasteiger partial charge in [0.05, 0.1) is 4.90 Å². The minimum Gasteiger partial charge on any atom is -0.264 e. The second-order valence-corrected chi connectivity index (χ2v) is 7.08. The number of sulfonamides is 1. The van der Waals surface area contributed by atoms with Gasteiger partial charge < -0.3 is 0 Å². The van der Waals surface area contributed by atoms with Gasteiger partial charge in [-0.3, -0.25) is 4.98 Å².